The molecule has 0 saturated heterocycles. The minimum atomic E-state index is -0.198. The van der Waals surface area contributed by atoms with Crippen molar-refractivity contribution in [1.82, 2.24) is 0 Å². The van der Waals surface area contributed by atoms with Gasteiger partial charge in [0.2, 0.25) is 0 Å². The molecule has 0 aromatic carbocycles. The van der Waals surface area contributed by atoms with Crippen molar-refractivity contribution in [2.75, 3.05) is 0 Å². The van der Waals surface area contributed by atoms with Gasteiger partial charge in [0.05, 0.1) is 6.26 Å². The molecule has 1 heterocycles. The molecule has 0 N–H and O–H groups in total. The third-order valence-corrected chi connectivity index (χ3v) is 6.09. The second kappa shape index (κ2) is 5.85. The summed E-state index contributed by atoms with van der Waals surface area (Å²) in [6.07, 6.45) is 7.48. The highest BCUT2D eigenvalue weighted by molar-refractivity contribution is 5.82. The first-order valence-corrected chi connectivity index (χ1v) is 8.71. The standard InChI is InChI=1S/C20H28O3/c1-12(2)6-19(21)23-16-7-14(4)20(5)10-17-13(3)11-22-18(17)9-15(20)8-16/h6,11,14-16H,7-10H2,1-5H3/t14-,15+,16+,20+/m0/s1. The van der Waals surface area contributed by atoms with E-state index in [9.17, 15) is 4.79 Å². The van der Waals surface area contributed by atoms with Crippen molar-refractivity contribution < 1.29 is 13.9 Å². The van der Waals surface area contributed by atoms with Crippen molar-refractivity contribution in [2.24, 2.45) is 17.3 Å². The smallest absolute Gasteiger partial charge is 0.330 e. The van der Waals surface area contributed by atoms with E-state index < -0.39 is 0 Å². The highest BCUT2D eigenvalue weighted by Crippen LogP contribution is 2.53. The zero-order valence-corrected chi connectivity index (χ0v) is 14.9. The molecule has 0 radical (unpaired) electrons. The summed E-state index contributed by atoms with van der Waals surface area (Å²) in [5.74, 6) is 2.01. The van der Waals surface area contributed by atoms with Crippen molar-refractivity contribution in [3.05, 3.63) is 34.8 Å². The number of hydrogen-bond donors (Lipinski definition) is 0. The number of fused-ring (bicyclic) bond motifs is 2. The Morgan fingerprint density at radius 1 is 1.39 bits per heavy atom. The first-order valence-electron chi connectivity index (χ1n) is 8.71. The van der Waals surface area contributed by atoms with Gasteiger partial charge in [-0.3, -0.25) is 0 Å². The normalized spacial score (nSPS) is 32.7. The number of ether oxygens (including phenoxy) is 1. The van der Waals surface area contributed by atoms with Crippen LogP contribution in [0.3, 0.4) is 0 Å². The van der Waals surface area contributed by atoms with Crippen LogP contribution in [0.1, 0.15) is 57.4 Å². The maximum Gasteiger partial charge on any atom is 0.330 e. The molecule has 23 heavy (non-hydrogen) atoms. The van der Waals surface area contributed by atoms with Crippen molar-refractivity contribution in [2.45, 2.75) is 66.4 Å². The van der Waals surface area contributed by atoms with Gasteiger partial charge in [-0.05, 0) is 68.4 Å². The molecule has 1 aromatic rings. The largest absolute Gasteiger partial charge is 0.469 e. The molecule has 0 amide bonds. The van der Waals surface area contributed by atoms with Gasteiger partial charge < -0.3 is 9.15 Å². The van der Waals surface area contributed by atoms with E-state index in [1.807, 2.05) is 20.1 Å². The van der Waals surface area contributed by atoms with Gasteiger partial charge in [0.15, 0.2) is 0 Å². The summed E-state index contributed by atoms with van der Waals surface area (Å²) in [6, 6.07) is 0. The molecule has 0 bridgehead atoms. The molecule has 2 aliphatic rings. The van der Waals surface area contributed by atoms with Crippen molar-refractivity contribution in [1.29, 1.82) is 0 Å². The van der Waals surface area contributed by atoms with Crippen LogP contribution in [-0.4, -0.2) is 12.1 Å². The third kappa shape index (κ3) is 2.98. The van der Waals surface area contributed by atoms with Gasteiger partial charge in [-0.15, -0.1) is 0 Å². The van der Waals surface area contributed by atoms with Crippen molar-refractivity contribution >= 4 is 5.97 Å². The first kappa shape index (κ1) is 16.4. The highest BCUT2D eigenvalue weighted by atomic mass is 16.5. The molecular formula is C20H28O3. The second-order valence-corrected chi connectivity index (χ2v) is 8.06. The first-order chi connectivity index (χ1) is 10.8. The predicted octanol–water partition coefficient (Wildman–Crippen LogP) is 4.62. The molecule has 3 nitrogen and oxygen atoms in total. The van der Waals surface area contributed by atoms with Crippen LogP contribution in [0.15, 0.2) is 22.3 Å². The van der Waals surface area contributed by atoms with Crippen LogP contribution in [0.5, 0.6) is 0 Å². The number of carbonyl (C=O) groups is 1. The topological polar surface area (TPSA) is 39.4 Å². The maximum absolute atomic E-state index is 12.0. The number of furan rings is 1. The Bertz CT molecular complexity index is 635. The lowest BCUT2D eigenvalue weighted by molar-refractivity contribution is -0.150. The number of carbonyl (C=O) groups excluding carboxylic acids is 1. The van der Waals surface area contributed by atoms with E-state index in [0.29, 0.717) is 11.8 Å². The quantitative estimate of drug-likeness (QED) is 0.590. The molecular weight excluding hydrogens is 288 g/mol. The number of esters is 1. The van der Waals surface area contributed by atoms with E-state index in [4.69, 9.17) is 9.15 Å². The van der Waals surface area contributed by atoms with Crippen LogP contribution in [0, 0.1) is 24.2 Å². The summed E-state index contributed by atoms with van der Waals surface area (Å²) in [7, 11) is 0. The van der Waals surface area contributed by atoms with E-state index in [1.165, 1.54) is 11.1 Å². The Hall–Kier alpha value is -1.51. The number of aryl methyl sites for hydroxylation is 1. The summed E-state index contributed by atoms with van der Waals surface area (Å²) in [5.41, 5.74) is 3.96. The minimum Gasteiger partial charge on any atom is -0.469 e. The second-order valence-electron chi connectivity index (χ2n) is 8.06. The van der Waals surface area contributed by atoms with E-state index in [-0.39, 0.29) is 17.5 Å². The Morgan fingerprint density at radius 3 is 2.83 bits per heavy atom. The monoisotopic (exact) mass is 316 g/mol. The molecule has 4 atom stereocenters. The third-order valence-electron chi connectivity index (χ3n) is 6.09. The summed E-state index contributed by atoms with van der Waals surface area (Å²) in [5, 5.41) is 0. The summed E-state index contributed by atoms with van der Waals surface area (Å²) >= 11 is 0. The van der Waals surface area contributed by atoms with Gasteiger partial charge in [-0.2, -0.15) is 0 Å². The lowest BCUT2D eigenvalue weighted by Gasteiger charge is -2.51. The molecule has 126 valence electrons. The van der Waals surface area contributed by atoms with Crippen LogP contribution in [0.2, 0.25) is 0 Å². The number of hydrogen-bond acceptors (Lipinski definition) is 3. The van der Waals surface area contributed by atoms with Gasteiger partial charge in [-0.1, -0.05) is 19.4 Å². The predicted molar refractivity (Wildman–Crippen MR) is 90.2 cm³/mol. The van der Waals surface area contributed by atoms with E-state index in [0.717, 1.165) is 37.0 Å². The Labute approximate surface area is 139 Å². The molecule has 0 unspecified atom stereocenters. The van der Waals surface area contributed by atoms with Gasteiger partial charge in [-0.25, -0.2) is 4.79 Å². The Morgan fingerprint density at radius 2 is 2.13 bits per heavy atom. The van der Waals surface area contributed by atoms with E-state index >= 15 is 0 Å². The van der Waals surface area contributed by atoms with Gasteiger partial charge >= 0.3 is 5.97 Å². The highest BCUT2D eigenvalue weighted by Gasteiger charge is 2.49. The molecule has 3 heteroatoms. The lowest BCUT2D eigenvalue weighted by atomic mass is 9.55. The lowest BCUT2D eigenvalue weighted by Crippen LogP contribution is -2.48. The Balaban J connectivity index is 1.78. The molecule has 3 rings (SSSR count). The number of rotatable bonds is 2. The average Bonchev–Trinajstić information content (AvgIpc) is 2.78. The molecule has 0 spiro atoms. The van der Waals surface area contributed by atoms with E-state index in [1.54, 1.807) is 6.08 Å². The van der Waals surface area contributed by atoms with Crippen LogP contribution in [0.4, 0.5) is 0 Å². The van der Waals surface area contributed by atoms with Gasteiger partial charge in [0.1, 0.15) is 11.9 Å². The zero-order chi connectivity index (χ0) is 16.8. The van der Waals surface area contributed by atoms with Crippen LogP contribution in [-0.2, 0) is 22.4 Å². The molecule has 1 aromatic heterocycles. The van der Waals surface area contributed by atoms with Crippen molar-refractivity contribution in [3.63, 3.8) is 0 Å². The molecule has 1 saturated carbocycles. The number of allylic oxidation sites excluding steroid dienone is 1. The van der Waals surface area contributed by atoms with E-state index in [2.05, 4.69) is 20.8 Å². The average molecular weight is 316 g/mol. The SMILES string of the molecule is CC(C)=CC(=O)O[C@H]1C[C@@H]2Cc3occ(C)c3C[C@]2(C)[C@@H](C)C1. The Kier molecular flexibility index (Phi) is 4.16. The fraction of sp³-hybridized carbons (Fsp3) is 0.650. The van der Waals surface area contributed by atoms with Gasteiger partial charge in [0.25, 0.3) is 0 Å². The zero-order valence-electron chi connectivity index (χ0n) is 14.9. The van der Waals surface area contributed by atoms with Gasteiger partial charge in [0, 0.05) is 12.5 Å². The van der Waals surface area contributed by atoms with Crippen LogP contribution in [0.25, 0.3) is 0 Å². The molecule has 1 fully saturated rings. The summed E-state index contributed by atoms with van der Waals surface area (Å²) in [6.45, 7) is 10.7. The van der Waals surface area contributed by atoms with Crippen LogP contribution >= 0.6 is 0 Å². The molecule has 0 aliphatic heterocycles. The summed E-state index contributed by atoms with van der Waals surface area (Å²) < 4.78 is 11.5. The summed E-state index contributed by atoms with van der Waals surface area (Å²) in [4.78, 5) is 12.0. The fourth-order valence-electron chi connectivity index (χ4n) is 4.45. The van der Waals surface area contributed by atoms with Crippen molar-refractivity contribution in [3.8, 4) is 0 Å². The minimum absolute atomic E-state index is 0.0313. The maximum atomic E-state index is 12.0. The molecule has 2 aliphatic carbocycles. The van der Waals surface area contributed by atoms with Crippen LogP contribution < -0.4 is 0 Å². The fourth-order valence-corrected chi connectivity index (χ4v) is 4.45.